The average molecular weight is 449 g/mol. The normalized spacial score (nSPS) is 23.1. The van der Waals surface area contributed by atoms with E-state index in [2.05, 4.69) is 51.0 Å². The number of ether oxygens (including phenoxy) is 1. The first-order valence-electron chi connectivity index (χ1n) is 11.6. The van der Waals surface area contributed by atoms with Gasteiger partial charge in [-0.1, -0.05) is 30.3 Å². The topological polar surface area (TPSA) is 85.6 Å². The van der Waals surface area contributed by atoms with Crippen LogP contribution in [0.3, 0.4) is 0 Å². The van der Waals surface area contributed by atoms with E-state index in [1.165, 1.54) is 18.0 Å². The van der Waals surface area contributed by atoms with Crippen LogP contribution in [0.25, 0.3) is 0 Å². The Labute approximate surface area is 195 Å². The molecule has 1 aromatic heterocycles. The van der Waals surface area contributed by atoms with Crippen LogP contribution >= 0.6 is 0 Å². The first kappa shape index (κ1) is 23.0. The second-order valence-corrected chi connectivity index (χ2v) is 9.47. The number of hydrogen-bond acceptors (Lipinski definition) is 7. The minimum atomic E-state index is -0.447. The van der Waals surface area contributed by atoms with Gasteiger partial charge in [-0.2, -0.15) is 5.26 Å². The quantitative estimate of drug-likeness (QED) is 0.708. The molecule has 2 aromatic rings. The predicted octanol–water partition coefficient (Wildman–Crippen LogP) is 3.44. The van der Waals surface area contributed by atoms with Crippen LogP contribution in [-0.4, -0.2) is 69.7 Å². The molecule has 8 heteroatoms. The van der Waals surface area contributed by atoms with E-state index in [1.807, 2.05) is 30.9 Å². The van der Waals surface area contributed by atoms with Crippen LogP contribution in [0.15, 0.2) is 42.7 Å². The molecule has 4 rings (SSSR count). The summed E-state index contributed by atoms with van der Waals surface area (Å²) in [7, 11) is 0. The zero-order valence-corrected chi connectivity index (χ0v) is 19.6. The molecule has 0 bridgehead atoms. The number of benzene rings is 1. The van der Waals surface area contributed by atoms with Crippen molar-refractivity contribution in [1.29, 1.82) is 5.26 Å². The van der Waals surface area contributed by atoms with Crippen LogP contribution in [0.5, 0.6) is 0 Å². The molecule has 1 amide bonds. The van der Waals surface area contributed by atoms with E-state index in [0.717, 1.165) is 32.5 Å². The summed E-state index contributed by atoms with van der Waals surface area (Å²) in [6.07, 6.45) is 4.47. The van der Waals surface area contributed by atoms with Gasteiger partial charge in [-0.3, -0.25) is 9.80 Å². The summed E-state index contributed by atoms with van der Waals surface area (Å²) in [6.45, 7) is 10.1. The van der Waals surface area contributed by atoms with Gasteiger partial charge < -0.3 is 9.64 Å². The number of hydrogen-bond donors (Lipinski definition) is 0. The van der Waals surface area contributed by atoms with Crippen molar-refractivity contribution in [2.24, 2.45) is 0 Å². The molecule has 0 radical (unpaired) electrons. The van der Waals surface area contributed by atoms with E-state index in [-0.39, 0.29) is 18.2 Å². The lowest BCUT2D eigenvalue weighted by Gasteiger charge is -2.46. The Bertz CT molecular complexity index is 970. The SMILES string of the molecule is C[C@@H]1CN(c2ncc(C#N)cn2)C[C@H](C)N1C(=O)OC1(C)CCN(Cc2ccccc2)CC1. The number of piperazine rings is 1. The summed E-state index contributed by atoms with van der Waals surface area (Å²) in [6, 6.07) is 12.4. The Morgan fingerprint density at radius 2 is 1.73 bits per heavy atom. The molecule has 0 spiro atoms. The Morgan fingerprint density at radius 3 is 2.30 bits per heavy atom. The van der Waals surface area contributed by atoms with Crippen LogP contribution < -0.4 is 4.90 Å². The number of carbonyl (C=O) groups is 1. The molecule has 2 aliphatic heterocycles. The van der Waals surface area contributed by atoms with Gasteiger partial charge >= 0.3 is 6.09 Å². The summed E-state index contributed by atoms with van der Waals surface area (Å²) in [5.74, 6) is 0.582. The fourth-order valence-corrected chi connectivity index (χ4v) is 4.78. The van der Waals surface area contributed by atoms with Gasteiger partial charge in [0.25, 0.3) is 0 Å². The summed E-state index contributed by atoms with van der Waals surface area (Å²) in [4.78, 5) is 28.1. The lowest BCUT2D eigenvalue weighted by atomic mass is 9.93. The molecule has 0 saturated carbocycles. The van der Waals surface area contributed by atoms with Gasteiger partial charge in [-0.25, -0.2) is 14.8 Å². The third kappa shape index (κ3) is 5.42. The van der Waals surface area contributed by atoms with E-state index in [9.17, 15) is 4.79 Å². The average Bonchev–Trinajstić information content (AvgIpc) is 2.81. The van der Waals surface area contributed by atoms with Gasteiger partial charge in [0, 0.05) is 32.7 Å². The van der Waals surface area contributed by atoms with Crippen molar-refractivity contribution in [1.82, 2.24) is 19.8 Å². The molecule has 33 heavy (non-hydrogen) atoms. The van der Waals surface area contributed by atoms with Gasteiger partial charge in [0.05, 0.1) is 30.0 Å². The van der Waals surface area contributed by atoms with Crippen LogP contribution in [0.4, 0.5) is 10.7 Å². The van der Waals surface area contributed by atoms with Crippen molar-refractivity contribution in [2.75, 3.05) is 31.1 Å². The molecule has 0 aliphatic carbocycles. The van der Waals surface area contributed by atoms with Crippen molar-refractivity contribution in [3.05, 3.63) is 53.9 Å². The number of nitrogens with zero attached hydrogens (tertiary/aromatic N) is 6. The Morgan fingerprint density at radius 1 is 1.12 bits per heavy atom. The van der Waals surface area contributed by atoms with Crippen LogP contribution in [0.2, 0.25) is 0 Å². The lowest BCUT2D eigenvalue weighted by Crippen LogP contribution is -2.60. The molecule has 2 fully saturated rings. The van der Waals surface area contributed by atoms with Crippen molar-refractivity contribution < 1.29 is 9.53 Å². The molecule has 3 heterocycles. The first-order chi connectivity index (χ1) is 15.9. The van der Waals surface area contributed by atoms with Gasteiger partial charge in [0.1, 0.15) is 11.7 Å². The van der Waals surface area contributed by atoms with Crippen molar-refractivity contribution in [3.63, 3.8) is 0 Å². The Kier molecular flexibility index (Phi) is 6.80. The van der Waals surface area contributed by atoms with Gasteiger partial charge in [0.2, 0.25) is 5.95 Å². The van der Waals surface area contributed by atoms with E-state index >= 15 is 0 Å². The largest absolute Gasteiger partial charge is 0.443 e. The standard InChI is InChI=1S/C25H32N6O2/c1-19-16-30(23-27-14-22(13-26)15-28-23)17-20(2)31(19)24(32)33-25(3)9-11-29(12-10-25)18-21-7-5-4-6-8-21/h4-8,14-15,19-20H,9-12,16-18H2,1-3H3/t19-,20+. The third-order valence-corrected chi connectivity index (χ3v) is 6.68. The molecule has 174 valence electrons. The Balaban J connectivity index is 1.32. The fourth-order valence-electron chi connectivity index (χ4n) is 4.78. The minimum Gasteiger partial charge on any atom is -0.443 e. The van der Waals surface area contributed by atoms with Crippen molar-refractivity contribution in [2.45, 2.75) is 57.8 Å². The highest BCUT2D eigenvalue weighted by atomic mass is 16.6. The number of carbonyl (C=O) groups excluding carboxylic acids is 1. The van der Waals surface area contributed by atoms with E-state index in [0.29, 0.717) is 24.6 Å². The Hall–Kier alpha value is -3.18. The number of anilines is 1. The van der Waals surface area contributed by atoms with Crippen LogP contribution in [0.1, 0.15) is 44.7 Å². The predicted molar refractivity (Wildman–Crippen MR) is 126 cm³/mol. The minimum absolute atomic E-state index is 0.0396. The number of piperidine rings is 1. The summed E-state index contributed by atoms with van der Waals surface area (Å²) < 4.78 is 6.10. The summed E-state index contributed by atoms with van der Waals surface area (Å²) in [5, 5.41) is 8.95. The lowest BCUT2D eigenvalue weighted by molar-refractivity contribution is -0.0479. The molecular weight excluding hydrogens is 416 g/mol. The van der Waals surface area contributed by atoms with E-state index in [1.54, 1.807) is 0 Å². The second kappa shape index (κ2) is 9.75. The summed E-state index contributed by atoms with van der Waals surface area (Å²) >= 11 is 0. The summed E-state index contributed by atoms with van der Waals surface area (Å²) in [5.41, 5.74) is 1.30. The smallest absolute Gasteiger partial charge is 0.410 e. The second-order valence-electron chi connectivity index (χ2n) is 9.47. The van der Waals surface area contributed by atoms with E-state index in [4.69, 9.17) is 10.00 Å². The number of likely N-dealkylation sites (tertiary alicyclic amines) is 1. The van der Waals surface area contributed by atoms with E-state index < -0.39 is 5.60 Å². The monoisotopic (exact) mass is 448 g/mol. The maximum atomic E-state index is 13.2. The number of nitriles is 1. The van der Waals surface area contributed by atoms with Crippen LogP contribution in [-0.2, 0) is 11.3 Å². The highest BCUT2D eigenvalue weighted by Gasteiger charge is 2.40. The zero-order valence-electron chi connectivity index (χ0n) is 19.6. The fraction of sp³-hybridized carbons (Fsp3) is 0.520. The number of amides is 1. The molecule has 8 nitrogen and oxygen atoms in total. The zero-order chi connectivity index (χ0) is 23.4. The first-order valence-corrected chi connectivity index (χ1v) is 11.6. The van der Waals surface area contributed by atoms with Crippen molar-refractivity contribution in [3.8, 4) is 6.07 Å². The molecule has 2 saturated heterocycles. The maximum absolute atomic E-state index is 13.2. The third-order valence-electron chi connectivity index (χ3n) is 6.68. The molecule has 2 atom stereocenters. The van der Waals surface area contributed by atoms with Gasteiger partial charge in [-0.15, -0.1) is 0 Å². The maximum Gasteiger partial charge on any atom is 0.410 e. The number of aromatic nitrogens is 2. The molecule has 0 unspecified atom stereocenters. The molecule has 1 aromatic carbocycles. The highest BCUT2D eigenvalue weighted by molar-refractivity contribution is 5.69. The van der Waals surface area contributed by atoms with Gasteiger partial charge in [-0.05, 0) is 39.2 Å². The highest BCUT2D eigenvalue weighted by Crippen LogP contribution is 2.29. The number of rotatable bonds is 4. The molecular formula is C25H32N6O2. The van der Waals surface area contributed by atoms with Gasteiger partial charge in [0.15, 0.2) is 0 Å². The van der Waals surface area contributed by atoms with Crippen molar-refractivity contribution >= 4 is 12.0 Å². The van der Waals surface area contributed by atoms with Crippen LogP contribution in [0, 0.1) is 11.3 Å². The molecule has 0 N–H and O–H groups in total. The molecule has 2 aliphatic rings.